The normalized spacial score (nSPS) is 19.3. The number of aliphatic carboxylic acids is 1. The molecule has 2 rings (SSSR count). The molecule has 0 radical (unpaired) electrons. The Balaban J connectivity index is 2.14. The van der Waals surface area contributed by atoms with Crippen LogP contribution < -0.4 is 10.6 Å². The van der Waals surface area contributed by atoms with Gasteiger partial charge in [0.15, 0.2) is 0 Å². The molecule has 1 atom stereocenters. The number of amides is 1. The van der Waals surface area contributed by atoms with Crippen LogP contribution >= 0.6 is 0 Å². The number of aromatic nitrogens is 1. The molecular weight excluding hydrogens is 270 g/mol. The van der Waals surface area contributed by atoms with E-state index >= 15 is 0 Å². The van der Waals surface area contributed by atoms with Gasteiger partial charge in [-0.2, -0.15) is 0 Å². The fraction of sp³-hybridized carbons (Fsp3) is 0.533. The number of carbonyl (C=O) groups excluding carboxylic acids is 1. The Morgan fingerprint density at radius 2 is 2.14 bits per heavy atom. The molecule has 1 saturated heterocycles. The van der Waals surface area contributed by atoms with Gasteiger partial charge in [0, 0.05) is 19.3 Å². The maximum absolute atomic E-state index is 11.4. The van der Waals surface area contributed by atoms with E-state index in [1.165, 1.54) is 6.20 Å². The molecule has 1 aromatic rings. The zero-order valence-electron chi connectivity index (χ0n) is 12.4. The Bertz CT molecular complexity index is 540. The van der Waals surface area contributed by atoms with E-state index in [0.717, 1.165) is 25.2 Å². The van der Waals surface area contributed by atoms with Gasteiger partial charge in [0.25, 0.3) is 0 Å². The SMILES string of the molecule is CC(C)(C(=O)O)C1CCCN(c2ccc(C(N)=O)cn2)C1. The van der Waals surface area contributed by atoms with Crippen molar-refractivity contribution in [1.82, 2.24) is 4.98 Å². The lowest BCUT2D eigenvalue weighted by Gasteiger charge is -2.39. The topological polar surface area (TPSA) is 96.5 Å². The largest absolute Gasteiger partial charge is 0.481 e. The van der Waals surface area contributed by atoms with Gasteiger partial charge >= 0.3 is 5.97 Å². The monoisotopic (exact) mass is 291 g/mol. The van der Waals surface area contributed by atoms with Crippen LogP contribution in [0.25, 0.3) is 0 Å². The molecule has 3 N–H and O–H groups in total. The summed E-state index contributed by atoms with van der Waals surface area (Å²) in [6.07, 6.45) is 3.29. The molecule has 1 aromatic heterocycles. The molecule has 1 aliphatic rings. The lowest BCUT2D eigenvalue weighted by atomic mass is 9.74. The van der Waals surface area contributed by atoms with Crippen molar-refractivity contribution in [2.75, 3.05) is 18.0 Å². The van der Waals surface area contributed by atoms with Crippen molar-refractivity contribution in [2.24, 2.45) is 17.1 Å². The van der Waals surface area contributed by atoms with Crippen molar-refractivity contribution < 1.29 is 14.7 Å². The molecule has 1 fully saturated rings. The van der Waals surface area contributed by atoms with Crippen LogP contribution in [0.3, 0.4) is 0 Å². The highest BCUT2D eigenvalue weighted by Crippen LogP contribution is 2.35. The first kappa shape index (κ1) is 15.3. The molecule has 0 aliphatic carbocycles. The molecule has 21 heavy (non-hydrogen) atoms. The maximum Gasteiger partial charge on any atom is 0.309 e. The van der Waals surface area contributed by atoms with Crippen LogP contribution in [0.1, 0.15) is 37.0 Å². The van der Waals surface area contributed by atoms with E-state index in [1.54, 1.807) is 26.0 Å². The van der Waals surface area contributed by atoms with E-state index in [4.69, 9.17) is 5.73 Å². The van der Waals surface area contributed by atoms with Crippen molar-refractivity contribution in [2.45, 2.75) is 26.7 Å². The van der Waals surface area contributed by atoms with Gasteiger partial charge in [-0.25, -0.2) is 4.98 Å². The highest BCUT2D eigenvalue weighted by Gasteiger charge is 2.39. The van der Waals surface area contributed by atoms with E-state index in [-0.39, 0.29) is 5.92 Å². The molecule has 1 amide bonds. The zero-order valence-corrected chi connectivity index (χ0v) is 12.4. The van der Waals surface area contributed by atoms with Crippen molar-refractivity contribution in [3.63, 3.8) is 0 Å². The lowest BCUT2D eigenvalue weighted by Crippen LogP contribution is -2.45. The van der Waals surface area contributed by atoms with E-state index < -0.39 is 17.3 Å². The highest BCUT2D eigenvalue weighted by atomic mass is 16.4. The minimum atomic E-state index is -0.772. The Kier molecular flexibility index (Phi) is 4.16. The van der Waals surface area contributed by atoms with E-state index in [1.807, 2.05) is 0 Å². The second kappa shape index (κ2) is 5.71. The number of anilines is 1. The van der Waals surface area contributed by atoms with E-state index in [9.17, 15) is 14.7 Å². The van der Waals surface area contributed by atoms with Crippen LogP contribution in [0, 0.1) is 11.3 Å². The van der Waals surface area contributed by atoms with Crippen molar-refractivity contribution in [3.8, 4) is 0 Å². The van der Waals surface area contributed by atoms with Gasteiger partial charge in [0.1, 0.15) is 5.82 Å². The van der Waals surface area contributed by atoms with Gasteiger partial charge in [-0.15, -0.1) is 0 Å². The molecule has 6 heteroatoms. The van der Waals surface area contributed by atoms with Crippen LogP contribution in [0.4, 0.5) is 5.82 Å². The van der Waals surface area contributed by atoms with Gasteiger partial charge in [-0.05, 0) is 44.7 Å². The molecule has 1 unspecified atom stereocenters. The fourth-order valence-corrected chi connectivity index (χ4v) is 2.67. The first-order valence-corrected chi connectivity index (χ1v) is 7.06. The Hall–Kier alpha value is -2.11. The Labute approximate surface area is 124 Å². The second-order valence-corrected chi connectivity index (χ2v) is 6.08. The summed E-state index contributed by atoms with van der Waals surface area (Å²) in [5, 5.41) is 9.36. The number of nitrogens with zero attached hydrogens (tertiary/aromatic N) is 2. The summed E-state index contributed by atoms with van der Waals surface area (Å²) in [7, 11) is 0. The number of pyridine rings is 1. The number of hydrogen-bond donors (Lipinski definition) is 2. The average molecular weight is 291 g/mol. The first-order valence-electron chi connectivity index (χ1n) is 7.06. The summed E-state index contributed by atoms with van der Waals surface area (Å²) in [5.74, 6) is -0.448. The minimum absolute atomic E-state index is 0.0707. The summed E-state index contributed by atoms with van der Waals surface area (Å²) < 4.78 is 0. The van der Waals surface area contributed by atoms with E-state index in [0.29, 0.717) is 12.1 Å². The maximum atomic E-state index is 11.4. The van der Waals surface area contributed by atoms with Gasteiger partial charge in [-0.3, -0.25) is 9.59 Å². The molecule has 1 aliphatic heterocycles. The minimum Gasteiger partial charge on any atom is -0.481 e. The predicted molar refractivity (Wildman–Crippen MR) is 79.1 cm³/mol. The van der Waals surface area contributed by atoms with Crippen LogP contribution in [-0.2, 0) is 4.79 Å². The predicted octanol–water partition coefficient (Wildman–Crippen LogP) is 1.51. The van der Waals surface area contributed by atoms with Gasteiger partial charge in [0.05, 0.1) is 11.0 Å². The molecule has 0 aromatic carbocycles. The molecular formula is C15H21N3O3. The molecule has 114 valence electrons. The van der Waals surface area contributed by atoms with Gasteiger partial charge in [-0.1, -0.05) is 0 Å². The quantitative estimate of drug-likeness (QED) is 0.876. The van der Waals surface area contributed by atoms with Crippen molar-refractivity contribution >= 4 is 17.7 Å². The number of hydrogen-bond acceptors (Lipinski definition) is 4. The second-order valence-electron chi connectivity index (χ2n) is 6.08. The van der Waals surface area contributed by atoms with Crippen LogP contribution in [0.5, 0.6) is 0 Å². The summed E-state index contributed by atoms with van der Waals surface area (Å²) in [6.45, 7) is 5.04. The van der Waals surface area contributed by atoms with E-state index in [2.05, 4.69) is 9.88 Å². The number of carboxylic acids is 1. The third kappa shape index (κ3) is 3.15. The van der Waals surface area contributed by atoms with Crippen molar-refractivity contribution in [3.05, 3.63) is 23.9 Å². The van der Waals surface area contributed by atoms with Crippen LogP contribution in [0.2, 0.25) is 0 Å². The molecule has 6 nitrogen and oxygen atoms in total. The number of piperidine rings is 1. The summed E-state index contributed by atoms with van der Waals surface area (Å²) in [5.41, 5.74) is 4.81. The third-order valence-corrected chi connectivity index (χ3v) is 4.35. The number of carbonyl (C=O) groups is 2. The average Bonchev–Trinajstić information content (AvgIpc) is 2.47. The standard InChI is InChI=1S/C15H21N3O3/c1-15(2,14(20)21)11-4-3-7-18(9-11)12-6-5-10(8-17-12)13(16)19/h5-6,8,11H,3-4,7,9H2,1-2H3,(H2,16,19)(H,20,21). The number of carboxylic acid groups (broad SMARTS) is 1. The number of nitrogens with two attached hydrogens (primary N) is 1. The number of primary amides is 1. The zero-order chi connectivity index (χ0) is 15.6. The summed E-state index contributed by atoms with van der Waals surface area (Å²) in [4.78, 5) is 28.8. The third-order valence-electron chi connectivity index (χ3n) is 4.35. The Morgan fingerprint density at radius 1 is 1.43 bits per heavy atom. The summed E-state index contributed by atoms with van der Waals surface area (Å²) in [6, 6.07) is 3.41. The van der Waals surface area contributed by atoms with Gasteiger partial charge < -0.3 is 15.7 Å². The molecule has 0 spiro atoms. The molecule has 0 saturated carbocycles. The smallest absolute Gasteiger partial charge is 0.309 e. The molecule has 0 bridgehead atoms. The number of rotatable bonds is 4. The van der Waals surface area contributed by atoms with Crippen LogP contribution in [-0.4, -0.2) is 35.1 Å². The summed E-state index contributed by atoms with van der Waals surface area (Å²) >= 11 is 0. The fourth-order valence-electron chi connectivity index (χ4n) is 2.67. The molecule has 2 heterocycles. The van der Waals surface area contributed by atoms with Crippen molar-refractivity contribution in [1.29, 1.82) is 0 Å². The highest BCUT2D eigenvalue weighted by molar-refractivity contribution is 5.92. The lowest BCUT2D eigenvalue weighted by molar-refractivity contribution is -0.150. The first-order chi connectivity index (χ1) is 9.82. The van der Waals surface area contributed by atoms with Gasteiger partial charge in [0.2, 0.25) is 5.91 Å². The Morgan fingerprint density at radius 3 is 2.67 bits per heavy atom. The van der Waals surface area contributed by atoms with Crippen LogP contribution in [0.15, 0.2) is 18.3 Å².